The number of aliphatic hydroxyl groups excluding tert-OH is 1. The molecular weight excluding hydrogens is 200 g/mol. The van der Waals surface area contributed by atoms with Crippen LogP contribution in [0.1, 0.15) is 20.3 Å². The molecule has 0 aliphatic heterocycles. The Balaban J connectivity index is 4.06. The third kappa shape index (κ3) is 5.17. The molecule has 0 heterocycles. The van der Waals surface area contributed by atoms with Crippen molar-refractivity contribution in [1.29, 1.82) is 0 Å². The van der Waals surface area contributed by atoms with Gasteiger partial charge in [0.05, 0.1) is 13.2 Å². The molecular formula is C10H16O5. The Labute approximate surface area is 88.7 Å². The molecule has 0 radical (unpaired) electrons. The van der Waals surface area contributed by atoms with Gasteiger partial charge in [-0.25, -0.2) is 9.59 Å². The molecule has 0 aliphatic rings. The average Bonchev–Trinajstić information content (AvgIpc) is 2.18. The standard InChI is InChI=1S/C10H16O5/c1-4-14-9(12)7(3)6-8(11)10(13)15-5-2/h8,11H,3-6H2,1-2H3/t8-/m1/s1. The molecule has 0 rings (SSSR count). The van der Waals surface area contributed by atoms with Crippen LogP contribution in [0.4, 0.5) is 0 Å². The zero-order chi connectivity index (χ0) is 11.8. The summed E-state index contributed by atoms with van der Waals surface area (Å²) in [4.78, 5) is 22.1. The number of esters is 2. The van der Waals surface area contributed by atoms with Gasteiger partial charge in [-0.15, -0.1) is 0 Å². The monoisotopic (exact) mass is 216 g/mol. The number of hydrogen-bond donors (Lipinski definition) is 1. The molecule has 86 valence electrons. The second-order valence-electron chi connectivity index (χ2n) is 2.80. The van der Waals surface area contributed by atoms with Gasteiger partial charge in [-0.05, 0) is 13.8 Å². The van der Waals surface area contributed by atoms with Gasteiger partial charge in [-0.3, -0.25) is 0 Å². The lowest BCUT2D eigenvalue weighted by atomic mass is 10.1. The van der Waals surface area contributed by atoms with E-state index in [0.29, 0.717) is 0 Å². The molecule has 0 aromatic carbocycles. The Kier molecular flexibility index (Phi) is 6.37. The molecule has 15 heavy (non-hydrogen) atoms. The molecule has 0 bridgehead atoms. The molecule has 0 spiro atoms. The first-order valence-electron chi connectivity index (χ1n) is 4.72. The summed E-state index contributed by atoms with van der Waals surface area (Å²) < 4.78 is 9.20. The predicted molar refractivity (Wildman–Crippen MR) is 53.0 cm³/mol. The van der Waals surface area contributed by atoms with Gasteiger partial charge in [0, 0.05) is 12.0 Å². The lowest BCUT2D eigenvalue weighted by Crippen LogP contribution is -2.25. The van der Waals surface area contributed by atoms with Crippen molar-refractivity contribution in [3.8, 4) is 0 Å². The van der Waals surface area contributed by atoms with Gasteiger partial charge in [0.1, 0.15) is 0 Å². The highest BCUT2D eigenvalue weighted by atomic mass is 16.5. The van der Waals surface area contributed by atoms with Crippen LogP contribution in [0.2, 0.25) is 0 Å². The highest BCUT2D eigenvalue weighted by molar-refractivity contribution is 5.89. The molecule has 5 heteroatoms. The Morgan fingerprint density at radius 1 is 1.27 bits per heavy atom. The lowest BCUT2D eigenvalue weighted by Gasteiger charge is -2.10. The largest absolute Gasteiger partial charge is 0.464 e. The first-order valence-corrected chi connectivity index (χ1v) is 4.72. The summed E-state index contributed by atoms with van der Waals surface area (Å²) >= 11 is 0. The van der Waals surface area contributed by atoms with Gasteiger partial charge in [0.15, 0.2) is 6.10 Å². The fourth-order valence-electron chi connectivity index (χ4n) is 0.872. The third-order valence-corrected chi connectivity index (χ3v) is 1.56. The van der Waals surface area contributed by atoms with Crippen molar-refractivity contribution in [1.82, 2.24) is 0 Å². The number of aliphatic hydroxyl groups is 1. The molecule has 1 atom stereocenters. The first-order chi connectivity index (χ1) is 7.02. The second kappa shape index (κ2) is 7.00. The first kappa shape index (κ1) is 13.6. The molecule has 0 aromatic heterocycles. The fourth-order valence-corrected chi connectivity index (χ4v) is 0.872. The summed E-state index contributed by atoms with van der Waals surface area (Å²) in [5, 5.41) is 9.29. The van der Waals surface area contributed by atoms with E-state index in [0.717, 1.165) is 0 Å². The summed E-state index contributed by atoms with van der Waals surface area (Å²) in [6.07, 6.45) is -1.53. The quantitative estimate of drug-likeness (QED) is 0.514. The van der Waals surface area contributed by atoms with E-state index in [4.69, 9.17) is 0 Å². The number of ether oxygens (including phenoxy) is 2. The van der Waals surface area contributed by atoms with Crippen molar-refractivity contribution >= 4 is 11.9 Å². The zero-order valence-corrected chi connectivity index (χ0v) is 8.99. The van der Waals surface area contributed by atoms with Crippen molar-refractivity contribution in [2.24, 2.45) is 0 Å². The third-order valence-electron chi connectivity index (χ3n) is 1.56. The molecule has 5 nitrogen and oxygen atoms in total. The van der Waals surface area contributed by atoms with E-state index in [-0.39, 0.29) is 25.2 Å². The topological polar surface area (TPSA) is 72.8 Å². The van der Waals surface area contributed by atoms with E-state index in [2.05, 4.69) is 16.1 Å². The molecule has 0 saturated heterocycles. The van der Waals surface area contributed by atoms with Crippen LogP contribution in [-0.4, -0.2) is 36.4 Å². The maximum atomic E-state index is 11.1. The van der Waals surface area contributed by atoms with Crippen molar-refractivity contribution < 1.29 is 24.2 Å². The van der Waals surface area contributed by atoms with Crippen LogP contribution in [0.25, 0.3) is 0 Å². The molecule has 0 unspecified atom stereocenters. The summed E-state index contributed by atoms with van der Waals surface area (Å²) in [6, 6.07) is 0. The van der Waals surface area contributed by atoms with E-state index < -0.39 is 18.0 Å². The highest BCUT2D eigenvalue weighted by Gasteiger charge is 2.20. The van der Waals surface area contributed by atoms with E-state index in [1.54, 1.807) is 13.8 Å². The van der Waals surface area contributed by atoms with Crippen molar-refractivity contribution in [2.45, 2.75) is 26.4 Å². The Hall–Kier alpha value is -1.36. The SMILES string of the molecule is C=C(C[C@@H](O)C(=O)OCC)C(=O)OCC. The van der Waals surface area contributed by atoms with Gasteiger partial charge in [0.25, 0.3) is 0 Å². The summed E-state index contributed by atoms with van der Waals surface area (Å²) in [6.45, 7) is 7.11. The number of carbonyl (C=O) groups is 2. The van der Waals surface area contributed by atoms with Crippen LogP contribution < -0.4 is 0 Å². The van der Waals surface area contributed by atoms with Gasteiger partial charge < -0.3 is 14.6 Å². The van der Waals surface area contributed by atoms with Gasteiger partial charge in [-0.1, -0.05) is 6.58 Å². The van der Waals surface area contributed by atoms with E-state index in [1.165, 1.54) is 0 Å². The van der Waals surface area contributed by atoms with Gasteiger partial charge >= 0.3 is 11.9 Å². The van der Waals surface area contributed by atoms with Crippen LogP contribution in [0, 0.1) is 0 Å². The molecule has 1 N–H and O–H groups in total. The number of hydrogen-bond acceptors (Lipinski definition) is 5. The van der Waals surface area contributed by atoms with Crippen LogP contribution in [-0.2, 0) is 19.1 Å². The average molecular weight is 216 g/mol. The van der Waals surface area contributed by atoms with Crippen LogP contribution >= 0.6 is 0 Å². The van der Waals surface area contributed by atoms with Gasteiger partial charge in [-0.2, -0.15) is 0 Å². The molecule has 0 aliphatic carbocycles. The summed E-state index contributed by atoms with van der Waals surface area (Å²) in [5.41, 5.74) is 0.0532. The normalized spacial score (nSPS) is 11.7. The van der Waals surface area contributed by atoms with E-state index in [9.17, 15) is 14.7 Å². The Morgan fingerprint density at radius 2 is 1.80 bits per heavy atom. The zero-order valence-electron chi connectivity index (χ0n) is 8.99. The van der Waals surface area contributed by atoms with Crippen molar-refractivity contribution in [3.63, 3.8) is 0 Å². The number of carbonyl (C=O) groups excluding carboxylic acids is 2. The van der Waals surface area contributed by atoms with Crippen molar-refractivity contribution in [2.75, 3.05) is 13.2 Å². The fraction of sp³-hybridized carbons (Fsp3) is 0.600. The van der Waals surface area contributed by atoms with Crippen LogP contribution in [0.15, 0.2) is 12.2 Å². The maximum Gasteiger partial charge on any atom is 0.335 e. The van der Waals surface area contributed by atoms with Crippen LogP contribution in [0.5, 0.6) is 0 Å². The molecule has 0 saturated carbocycles. The van der Waals surface area contributed by atoms with E-state index in [1.807, 2.05) is 0 Å². The van der Waals surface area contributed by atoms with Crippen molar-refractivity contribution in [3.05, 3.63) is 12.2 Å². The highest BCUT2D eigenvalue weighted by Crippen LogP contribution is 2.06. The summed E-state index contributed by atoms with van der Waals surface area (Å²) in [5.74, 6) is -1.37. The van der Waals surface area contributed by atoms with E-state index >= 15 is 0 Å². The predicted octanol–water partition coefficient (Wildman–Crippen LogP) is 0.420. The minimum atomic E-state index is -1.36. The minimum Gasteiger partial charge on any atom is -0.464 e. The van der Waals surface area contributed by atoms with Gasteiger partial charge in [0.2, 0.25) is 0 Å². The Bertz CT molecular complexity index is 246. The maximum absolute atomic E-state index is 11.1. The molecule has 0 fully saturated rings. The minimum absolute atomic E-state index is 0.0532. The summed E-state index contributed by atoms with van der Waals surface area (Å²) in [7, 11) is 0. The molecule has 0 aromatic rings. The molecule has 0 amide bonds. The lowest BCUT2D eigenvalue weighted by molar-refractivity contribution is -0.153. The second-order valence-corrected chi connectivity index (χ2v) is 2.80. The number of rotatable bonds is 6. The smallest absolute Gasteiger partial charge is 0.335 e. The Morgan fingerprint density at radius 3 is 2.27 bits per heavy atom. The van der Waals surface area contributed by atoms with Crippen LogP contribution in [0.3, 0.4) is 0 Å².